The number of carbonyl (C=O) groups excluding carboxylic acids is 1. The van der Waals surface area contributed by atoms with Gasteiger partial charge >= 0.3 is 6.03 Å². The molecule has 1 fully saturated rings. The molecule has 0 aliphatic carbocycles. The summed E-state index contributed by atoms with van der Waals surface area (Å²) in [5.41, 5.74) is 2.46. The van der Waals surface area contributed by atoms with Gasteiger partial charge in [-0.2, -0.15) is 0 Å². The monoisotopic (exact) mass is 355 g/mol. The van der Waals surface area contributed by atoms with Crippen molar-refractivity contribution < 1.29 is 14.6 Å². The summed E-state index contributed by atoms with van der Waals surface area (Å²) >= 11 is 0. The summed E-state index contributed by atoms with van der Waals surface area (Å²) < 4.78 is 5.25. The molecular weight excluding hydrogens is 330 g/mol. The van der Waals surface area contributed by atoms with Crippen LogP contribution in [-0.2, 0) is 0 Å². The predicted molar refractivity (Wildman–Crippen MR) is 103 cm³/mol. The van der Waals surface area contributed by atoms with Crippen LogP contribution < -0.4 is 20.3 Å². The molecule has 0 bridgehead atoms. The highest BCUT2D eigenvalue weighted by Crippen LogP contribution is 2.28. The average molecular weight is 355 g/mol. The number of nitrogens with zero attached hydrogens (tertiary/aromatic N) is 1. The van der Waals surface area contributed by atoms with Crippen LogP contribution in [0.5, 0.6) is 5.75 Å². The van der Waals surface area contributed by atoms with Crippen molar-refractivity contribution in [2.24, 2.45) is 0 Å². The molecule has 2 amide bonds. The maximum atomic E-state index is 12.3. The molecule has 6 heteroatoms. The number of benzene rings is 2. The lowest BCUT2D eigenvalue weighted by molar-refractivity contribution is 0.171. The van der Waals surface area contributed by atoms with E-state index in [2.05, 4.69) is 15.5 Å². The zero-order valence-corrected chi connectivity index (χ0v) is 14.9. The van der Waals surface area contributed by atoms with Crippen molar-refractivity contribution in [3.05, 3.63) is 54.1 Å². The Kier molecular flexibility index (Phi) is 5.96. The van der Waals surface area contributed by atoms with Crippen molar-refractivity contribution in [3.8, 4) is 5.75 Å². The van der Waals surface area contributed by atoms with Crippen molar-refractivity contribution >= 4 is 17.4 Å². The minimum absolute atomic E-state index is 0.0953. The third-order valence-corrected chi connectivity index (χ3v) is 4.55. The summed E-state index contributed by atoms with van der Waals surface area (Å²) in [5.74, 6) is 0.599. The third kappa shape index (κ3) is 4.26. The molecule has 1 aliphatic rings. The van der Waals surface area contributed by atoms with Crippen LogP contribution in [0.2, 0.25) is 0 Å². The third-order valence-electron chi connectivity index (χ3n) is 4.55. The van der Waals surface area contributed by atoms with E-state index in [1.165, 1.54) is 12.8 Å². The van der Waals surface area contributed by atoms with E-state index in [4.69, 9.17) is 4.74 Å². The SMILES string of the molecule is COc1ccccc1[C@H](O)CNC(=O)Nc1ccccc1N1CCCC1. The summed E-state index contributed by atoms with van der Waals surface area (Å²) in [4.78, 5) is 14.6. The normalized spacial score (nSPS) is 14.8. The second-order valence-corrected chi connectivity index (χ2v) is 6.30. The van der Waals surface area contributed by atoms with E-state index in [-0.39, 0.29) is 12.6 Å². The smallest absolute Gasteiger partial charge is 0.319 e. The molecule has 26 heavy (non-hydrogen) atoms. The highest BCUT2D eigenvalue weighted by molar-refractivity contribution is 5.93. The number of para-hydroxylation sites is 3. The number of aliphatic hydroxyl groups is 1. The number of hydrogen-bond donors (Lipinski definition) is 3. The number of hydrogen-bond acceptors (Lipinski definition) is 4. The quantitative estimate of drug-likeness (QED) is 0.744. The summed E-state index contributed by atoms with van der Waals surface area (Å²) in [7, 11) is 1.56. The lowest BCUT2D eigenvalue weighted by Crippen LogP contribution is -2.33. The number of rotatable bonds is 6. The Labute approximate surface area is 153 Å². The highest BCUT2D eigenvalue weighted by Gasteiger charge is 2.17. The van der Waals surface area contributed by atoms with Gasteiger partial charge in [-0.15, -0.1) is 0 Å². The molecule has 3 N–H and O–H groups in total. The number of methoxy groups -OCH3 is 1. The Morgan fingerprint density at radius 1 is 1.15 bits per heavy atom. The maximum absolute atomic E-state index is 12.3. The summed E-state index contributed by atoms with van der Waals surface area (Å²) in [6.45, 7) is 2.11. The molecule has 1 heterocycles. The molecule has 1 aliphatic heterocycles. The number of amides is 2. The van der Waals surface area contributed by atoms with Crippen molar-refractivity contribution in [2.75, 3.05) is 37.0 Å². The first-order chi connectivity index (χ1) is 12.7. The molecule has 0 aromatic heterocycles. The first-order valence-corrected chi connectivity index (χ1v) is 8.89. The molecule has 1 saturated heterocycles. The van der Waals surface area contributed by atoms with Crippen LogP contribution in [0.15, 0.2) is 48.5 Å². The van der Waals surface area contributed by atoms with Crippen molar-refractivity contribution in [3.63, 3.8) is 0 Å². The second kappa shape index (κ2) is 8.58. The highest BCUT2D eigenvalue weighted by atomic mass is 16.5. The average Bonchev–Trinajstić information content (AvgIpc) is 3.21. The molecule has 1 atom stereocenters. The van der Waals surface area contributed by atoms with Crippen molar-refractivity contribution in [2.45, 2.75) is 18.9 Å². The van der Waals surface area contributed by atoms with Crippen molar-refractivity contribution in [1.29, 1.82) is 0 Å². The molecule has 0 radical (unpaired) electrons. The van der Waals surface area contributed by atoms with Crippen LogP contribution in [0, 0.1) is 0 Å². The van der Waals surface area contributed by atoms with Crippen molar-refractivity contribution in [1.82, 2.24) is 5.32 Å². The van der Waals surface area contributed by atoms with Gasteiger partial charge in [-0.05, 0) is 31.0 Å². The minimum atomic E-state index is -0.842. The predicted octanol–water partition coefficient (Wildman–Crippen LogP) is 3.15. The van der Waals surface area contributed by atoms with Gasteiger partial charge in [-0.25, -0.2) is 4.79 Å². The number of aliphatic hydroxyl groups excluding tert-OH is 1. The van der Waals surface area contributed by atoms with E-state index < -0.39 is 6.10 Å². The molecular formula is C20H25N3O3. The van der Waals surface area contributed by atoms with Gasteiger partial charge in [0.25, 0.3) is 0 Å². The van der Waals surface area contributed by atoms with Crippen LogP contribution >= 0.6 is 0 Å². The number of nitrogens with one attached hydrogen (secondary N) is 2. The topological polar surface area (TPSA) is 73.8 Å². The van der Waals surface area contributed by atoms with Crippen LogP contribution in [-0.4, -0.2) is 37.9 Å². The summed E-state index contributed by atoms with van der Waals surface area (Å²) in [5, 5.41) is 16.0. The van der Waals surface area contributed by atoms with E-state index in [1.807, 2.05) is 36.4 Å². The maximum Gasteiger partial charge on any atom is 0.319 e. The molecule has 6 nitrogen and oxygen atoms in total. The van der Waals surface area contributed by atoms with Crippen LogP contribution in [0.4, 0.5) is 16.2 Å². The molecule has 0 unspecified atom stereocenters. The van der Waals surface area contributed by atoms with E-state index in [1.54, 1.807) is 19.2 Å². The van der Waals surface area contributed by atoms with Gasteiger partial charge in [-0.3, -0.25) is 0 Å². The van der Waals surface area contributed by atoms with Gasteiger partial charge in [0.2, 0.25) is 0 Å². The fourth-order valence-corrected chi connectivity index (χ4v) is 3.22. The molecule has 3 rings (SSSR count). The van der Waals surface area contributed by atoms with Gasteiger partial charge in [0.1, 0.15) is 5.75 Å². The minimum Gasteiger partial charge on any atom is -0.496 e. The van der Waals surface area contributed by atoms with E-state index >= 15 is 0 Å². The first kappa shape index (κ1) is 18.1. The van der Waals surface area contributed by atoms with Crippen LogP contribution in [0.25, 0.3) is 0 Å². The fourth-order valence-electron chi connectivity index (χ4n) is 3.22. The van der Waals surface area contributed by atoms with Crippen LogP contribution in [0.3, 0.4) is 0 Å². The molecule has 0 saturated carbocycles. The van der Waals surface area contributed by atoms with E-state index in [0.717, 1.165) is 24.5 Å². The van der Waals surface area contributed by atoms with Gasteiger partial charge < -0.3 is 25.4 Å². The molecule has 0 spiro atoms. The number of ether oxygens (including phenoxy) is 1. The molecule has 138 valence electrons. The van der Waals surface area contributed by atoms with Gasteiger partial charge in [-0.1, -0.05) is 30.3 Å². The number of carbonyl (C=O) groups is 1. The lowest BCUT2D eigenvalue weighted by atomic mass is 10.1. The Morgan fingerprint density at radius 2 is 1.85 bits per heavy atom. The summed E-state index contributed by atoms with van der Waals surface area (Å²) in [6.07, 6.45) is 1.50. The molecule has 2 aromatic rings. The van der Waals surface area contributed by atoms with Gasteiger partial charge in [0.15, 0.2) is 0 Å². The first-order valence-electron chi connectivity index (χ1n) is 8.89. The fraction of sp³-hybridized carbons (Fsp3) is 0.350. The number of urea groups is 1. The lowest BCUT2D eigenvalue weighted by Gasteiger charge is -2.22. The van der Waals surface area contributed by atoms with Crippen LogP contribution in [0.1, 0.15) is 24.5 Å². The van der Waals surface area contributed by atoms with Gasteiger partial charge in [0.05, 0.1) is 24.6 Å². The second-order valence-electron chi connectivity index (χ2n) is 6.30. The Bertz CT molecular complexity index is 745. The largest absolute Gasteiger partial charge is 0.496 e. The van der Waals surface area contributed by atoms with E-state index in [9.17, 15) is 9.90 Å². The van der Waals surface area contributed by atoms with Gasteiger partial charge in [0, 0.05) is 25.2 Å². The summed E-state index contributed by atoms with van der Waals surface area (Å²) in [6, 6.07) is 14.7. The zero-order valence-electron chi connectivity index (χ0n) is 14.9. The Morgan fingerprint density at radius 3 is 2.62 bits per heavy atom. The Hall–Kier alpha value is -2.73. The zero-order chi connectivity index (χ0) is 18.4. The number of anilines is 2. The molecule has 2 aromatic carbocycles. The standard InChI is InChI=1S/C20H25N3O3/c1-26-19-11-5-2-8-15(19)18(24)14-21-20(25)22-16-9-3-4-10-17(16)23-12-6-7-13-23/h2-5,8-11,18,24H,6-7,12-14H2,1H3,(H2,21,22,25)/t18-/m1/s1. The Balaban J connectivity index is 1.59. The van der Waals surface area contributed by atoms with E-state index in [0.29, 0.717) is 11.3 Å².